The minimum atomic E-state index is -0.462. The molecule has 0 N–H and O–H groups in total. The normalized spacial score (nSPS) is 16.7. The van der Waals surface area contributed by atoms with Gasteiger partial charge < -0.3 is 14.2 Å². The molecular weight excluding hydrogens is 388 g/mol. The molecule has 0 saturated carbocycles. The number of amides is 1. The fraction of sp³-hybridized carbons (Fsp3) is 0.400. The Morgan fingerprint density at radius 2 is 1.97 bits per heavy atom. The molecule has 2 aliphatic heterocycles. The van der Waals surface area contributed by atoms with Gasteiger partial charge in [0.25, 0.3) is 5.91 Å². The maximum Gasteiger partial charge on any atom is 0.255 e. The van der Waals surface area contributed by atoms with Crippen LogP contribution in [0, 0.1) is 12.8 Å². The van der Waals surface area contributed by atoms with Gasteiger partial charge in [0.2, 0.25) is 0 Å². The summed E-state index contributed by atoms with van der Waals surface area (Å²) in [5.74, 6) is 1.42. The number of nitrogens with zero attached hydrogens (tertiary/aromatic N) is 4. The van der Waals surface area contributed by atoms with Crippen LogP contribution in [0.4, 0.5) is 0 Å². The number of imidazole rings is 1. The lowest BCUT2D eigenvalue weighted by Gasteiger charge is -2.44. The number of hydrogen-bond acceptors (Lipinski definition) is 4. The minimum absolute atomic E-state index is 0.0400. The van der Waals surface area contributed by atoms with Crippen LogP contribution in [0.15, 0.2) is 49.1 Å². The van der Waals surface area contributed by atoms with Gasteiger partial charge in [-0.2, -0.15) is 0 Å². The van der Waals surface area contributed by atoms with Gasteiger partial charge in [0.05, 0.1) is 23.3 Å². The third-order valence-electron chi connectivity index (χ3n) is 6.26. The van der Waals surface area contributed by atoms with Crippen molar-refractivity contribution in [1.29, 1.82) is 0 Å². The molecule has 6 nitrogen and oxygen atoms in total. The molecule has 5 rings (SSSR count). The highest BCUT2D eigenvalue weighted by molar-refractivity contribution is 5.94. The fourth-order valence-corrected chi connectivity index (χ4v) is 4.86. The second kappa shape index (κ2) is 7.52. The Hall–Kier alpha value is -3.15. The molecule has 6 heteroatoms. The molecule has 0 radical (unpaired) electrons. The van der Waals surface area contributed by atoms with E-state index in [1.807, 2.05) is 42.4 Å². The number of carbonyl (C=O) groups is 1. The summed E-state index contributed by atoms with van der Waals surface area (Å²) >= 11 is 0. The lowest BCUT2D eigenvalue weighted by Crippen LogP contribution is -2.50. The minimum Gasteiger partial charge on any atom is -0.480 e. The van der Waals surface area contributed by atoms with Gasteiger partial charge in [-0.05, 0) is 36.6 Å². The van der Waals surface area contributed by atoms with E-state index in [9.17, 15) is 4.79 Å². The Morgan fingerprint density at radius 3 is 2.71 bits per heavy atom. The number of para-hydroxylation sites is 1. The third-order valence-corrected chi connectivity index (χ3v) is 6.26. The van der Waals surface area contributed by atoms with E-state index in [4.69, 9.17) is 9.72 Å². The summed E-state index contributed by atoms with van der Waals surface area (Å²) in [5.41, 5.74) is 4.41. The number of hydrogen-bond donors (Lipinski definition) is 0. The van der Waals surface area contributed by atoms with E-state index in [1.165, 1.54) is 0 Å². The summed E-state index contributed by atoms with van der Waals surface area (Å²) in [6, 6.07) is 10.0. The van der Waals surface area contributed by atoms with Crippen molar-refractivity contribution in [2.45, 2.75) is 45.8 Å². The number of likely N-dealkylation sites (tertiary alicyclic amines) is 1. The van der Waals surface area contributed by atoms with E-state index >= 15 is 0 Å². The summed E-state index contributed by atoms with van der Waals surface area (Å²) in [7, 11) is 0. The predicted octanol–water partition coefficient (Wildman–Crippen LogP) is 4.43. The van der Waals surface area contributed by atoms with Crippen LogP contribution in [-0.2, 0) is 12.1 Å². The van der Waals surface area contributed by atoms with Crippen molar-refractivity contribution >= 4 is 5.91 Å². The maximum absolute atomic E-state index is 13.1. The quantitative estimate of drug-likeness (QED) is 0.634. The number of piperidine rings is 1. The van der Waals surface area contributed by atoms with Crippen LogP contribution >= 0.6 is 0 Å². The largest absolute Gasteiger partial charge is 0.480 e. The molecular formula is C25H28N4O2. The number of ether oxygens (including phenoxy) is 1. The van der Waals surface area contributed by atoms with Crippen molar-refractivity contribution in [3.05, 3.63) is 65.9 Å². The summed E-state index contributed by atoms with van der Waals surface area (Å²) in [4.78, 5) is 24.0. The lowest BCUT2D eigenvalue weighted by atomic mass is 9.83. The highest BCUT2D eigenvalue weighted by Crippen LogP contribution is 2.49. The molecule has 2 aromatic heterocycles. The third kappa shape index (κ3) is 3.40. The van der Waals surface area contributed by atoms with E-state index in [1.54, 1.807) is 12.4 Å². The Bertz CT molecular complexity index is 1130. The van der Waals surface area contributed by atoms with Crippen molar-refractivity contribution in [3.63, 3.8) is 0 Å². The Balaban J connectivity index is 1.47. The first-order chi connectivity index (χ1) is 15.0. The number of aromatic nitrogens is 3. The zero-order valence-corrected chi connectivity index (χ0v) is 18.3. The summed E-state index contributed by atoms with van der Waals surface area (Å²) in [5, 5.41) is 0. The lowest BCUT2D eigenvalue weighted by molar-refractivity contribution is -0.00760. The number of aryl methyl sites for hydroxylation is 1. The van der Waals surface area contributed by atoms with E-state index in [0.717, 1.165) is 47.7 Å². The summed E-state index contributed by atoms with van der Waals surface area (Å²) < 4.78 is 8.97. The molecule has 1 amide bonds. The van der Waals surface area contributed by atoms with Gasteiger partial charge in [-0.15, -0.1) is 0 Å². The molecule has 2 aliphatic rings. The molecule has 1 spiro atoms. The average Bonchev–Trinajstić information content (AvgIpc) is 3.18. The van der Waals surface area contributed by atoms with Gasteiger partial charge in [0, 0.05) is 50.4 Å². The monoisotopic (exact) mass is 416 g/mol. The van der Waals surface area contributed by atoms with Crippen LogP contribution in [0.2, 0.25) is 0 Å². The van der Waals surface area contributed by atoms with Gasteiger partial charge in [-0.25, -0.2) is 4.98 Å². The number of carbonyl (C=O) groups excluding carboxylic acids is 1. The van der Waals surface area contributed by atoms with E-state index in [0.29, 0.717) is 24.6 Å². The first-order valence-electron chi connectivity index (χ1n) is 11.0. The number of pyridine rings is 1. The van der Waals surface area contributed by atoms with Gasteiger partial charge in [0.1, 0.15) is 5.75 Å². The van der Waals surface area contributed by atoms with Gasteiger partial charge in [-0.1, -0.05) is 26.0 Å². The second-order valence-corrected chi connectivity index (χ2v) is 9.12. The van der Waals surface area contributed by atoms with Crippen molar-refractivity contribution in [1.82, 2.24) is 19.4 Å². The molecule has 160 valence electrons. The second-order valence-electron chi connectivity index (χ2n) is 9.12. The van der Waals surface area contributed by atoms with Crippen LogP contribution < -0.4 is 4.74 Å². The molecule has 4 heterocycles. The van der Waals surface area contributed by atoms with Gasteiger partial charge in [0.15, 0.2) is 5.60 Å². The molecule has 3 aromatic rings. The Labute approximate surface area is 182 Å². The smallest absolute Gasteiger partial charge is 0.255 e. The molecule has 31 heavy (non-hydrogen) atoms. The Morgan fingerprint density at radius 1 is 1.19 bits per heavy atom. The summed E-state index contributed by atoms with van der Waals surface area (Å²) in [6.07, 6.45) is 6.86. The predicted molar refractivity (Wildman–Crippen MR) is 119 cm³/mol. The van der Waals surface area contributed by atoms with Gasteiger partial charge >= 0.3 is 0 Å². The van der Waals surface area contributed by atoms with Crippen LogP contribution in [0.25, 0.3) is 11.3 Å². The topological polar surface area (TPSA) is 60.3 Å². The molecule has 1 fully saturated rings. The molecule has 0 aliphatic carbocycles. The van der Waals surface area contributed by atoms with Crippen LogP contribution in [0.3, 0.4) is 0 Å². The molecule has 1 saturated heterocycles. The fourth-order valence-electron chi connectivity index (χ4n) is 4.86. The molecule has 1 aromatic carbocycles. The van der Waals surface area contributed by atoms with Crippen LogP contribution in [0.1, 0.15) is 48.3 Å². The van der Waals surface area contributed by atoms with Crippen LogP contribution in [0.5, 0.6) is 5.75 Å². The van der Waals surface area contributed by atoms with Crippen molar-refractivity contribution in [3.8, 4) is 17.0 Å². The van der Waals surface area contributed by atoms with E-state index in [-0.39, 0.29) is 5.91 Å². The first-order valence-corrected chi connectivity index (χ1v) is 11.0. The van der Waals surface area contributed by atoms with Crippen molar-refractivity contribution in [2.75, 3.05) is 13.1 Å². The Kier molecular flexibility index (Phi) is 4.80. The summed E-state index contributed by atoms with van der Waals surface area (Å²) in [6.45, 7) is 8.57. The average molecular weight is 417 g/mol. The molecule has 0 bridgehead atoms. The first kappa shape index (κ1) is 19.8. The SMILES string of the molecule is Cc1cncc(C(=O)N2CCC3(CC2)Oc2ccccc2-c2ncn(CC(C)C)c23)c1. The van der Waals surface area contributed by atoms with Gasteiger partial charge in [-0.3, -0.25) is 9.78 Å². The van der Waals surface area contributed by atoms with E-state index < -0.39 is 5.60 Å². The zero-order valence-electron chi connectivity index (χ0n) is 18.3. The van der Waals surface area contributed by atoms with Crippen LogP contribution in [-0.4, -0.2) is 38.4 Å². The maximum atomic E-state index is 13.1. The van der Waals surface area contributed by atoms with E-state index in [2.05, 4.69) is 29.5 Å². The highest BCUT2D eigenvalue weighted by atomic mass is 16.5. The number of rotatable bonds is 3. The van der Waals surface area contributed by atoms with Crippen molar-refractivity contribution in [2.24, 2.45) is 5.92 Å². The molecule has 0 atom stereocenters. The molecule has 0 unspecified atom stereocenters. The highest BCUT2D eigenvalue weighted by Gasteiger charge is 2.47. The zero-order chi connectivity index (χ0) is 21.6. The van der Waals surface area contributed by atoms with Crippen molar-refractivity contribution < 1.29 is 9.53 Å². The standard InChI is InChI=1S/C25H28N4O2/c1-17(2)15-29-16-27-22-20-6-4-5-7-21(20)31-25(23(22)29)8-10-28(11-9-25)24(30)19-12-18(3)13-26-14-19/h4-7,12-14,16-17H,8-11,15H2,1-3H3. The number of benzene rings is 1. The number of fused-ring (bicyclic) bond motifs is 4.